The number of nitrogens with one attached hydrogen (secondary N) is 1. The predicted molar refractivity (Wildman–Crippen MR) is 89.9 cm³/mol. The molecule has 0 bridgehead atoms. The maximum Gasteiger partial charge on any atom is 0.255 e. The molecule has 1 atom stereocenters. The number of pyridine rings is 1. The van der Waals surface area contributed by atoms with Crippen LogP contribution in [0.15, 0.2) is 37.2 Å². The lowest BCUT2D eigenvalue weighted by molar-refractivity contribution is -0.134. The lowest BCUT2D eigenvalue weighted by Crippen LogP contribution is -2.62. The van der Waals surface area contributed by atoms with E-state index in [9.17, 15) is 9.59 Å². The Kier molecular flexibility index (Phi) is 5.19. The SMILES string of the molecule is C=CCNC(=O)C(C)(C(C)C)N(C(=O)c1ccncc1)C1CC1. The molecule has 0 saturated heterocycles. The molecule has 1 aromatic rings. The second kappa shape index (κ2) is 6.94. The third-order valence-electron chi connectivity index (χ3n) is 4.55. The van der Waals surface area contributed by atoms with E-state index in [4.69, 9.17) is 0 Å². The molecule has 0 aliphatic heterocycles. The minimum atomic E-state index is -0.898. The van der Waals surface area contributed by atoms with Crippen molar-refractivity contribution in [2.45, 2.75) is 45.2 Å². The van der Waals surface area contributed by atoms with Crippen LogP contribution < -0.4 is 5.32 Å². The van der Waals surface area contributed by atoms with Gasteiger partial charge in [-0.2, -0.15) is 0 Å². The second-order valence-corrected chi connectivity index (χ2v) is 6.44. The van der Waals surface area contributed by atoms with Gasteiger partial charge >= 0.3 is 0 Å². The van der Waals surface area contributed by atoms with Crippen molar-refractivity contribution in [2.75, 3.05) is 6.54 Å². The van der Waals surface area contributed by atoms with E-state index in [0.29, 0.717) is 12.1 Å². The normalized spacial score (nSPS) is 16.5. The van der Waals surface area contributed by atoms with E-state index in [-0.39, 0.29) is 23.8 Å². The quantitative estimate of drug-likeness (QED) is 0.786. The average molecular weight is 315 g/mol. The van der Waals surface area contributed by atoms with Gasteiger partial charge in [-0.3, -0.25) is 14.6 Å². The molecule has 1 aromatic heterocycles. The number of hydrogen-bond donors (Lipinski definition) is 1. The summed E-state index contributed by atoms with van der Waals surface area (Å²) in [7, 11) is 0. The fourth-order valence-electron chi connectivity index (χ4n) is 2.72. The molecule has 124 valence electrons. The number of rotatable bonds is 7. The highest BCUT2D eigenvalue weighted by atomic mass is 16.2. The number of carbonyl (C=O) groups excluding carboxylic acids is 2. The predicted octanol–water partition coefficient (Wildman–Crippen LogP) is 2.40. The van der Waals surface area contributed by atoms with Crippen LogP contribution in [0.25, 0.3) is 0 Å². The molecule has 2 amide bonds. The molecule has 0 spiro atoms. The van der Waals surface area contributed by atoms with Gasteiger partial charge in [0.2, 0.25) is 5.91 Å². The van der Waals surface area contributed by atoms with Gasteiger partial charge in [0.1, 0.15) is 5.54 Å². The smallest absolute Gasteiger partial charge is 0.255 e. The van der Waals surface area contributed by atoms with Crippen molar-refractivity contribution in [1.29, 1.82) is 0 Å². The largest absolute Gasteiger partial charge is 0.351 e. The lowest BCUT2D eigenvalue weighted by Gasteiger charge is -2.43. The van der Waals surface area contributed by atoms with Gasteiger partial charge < -0.3 is 10.2 Å². The van der Waals surface area contributed by atoms with Gasteiger partial charge in [0.05, 0.1) is 0 Å². The Balaban J connectivity index is 2.38. The van der Waals surface area contributed by atoms with E-state index in [1.54, 1.807) is 35.5 Å². The summed E-state index contributed by atoms with van der Waals surface area (Å²) in [5.74, 6) is -0.264. The van der Waals surface area contributed by atoms with Gasteiger partial charge in [0, 0.05) is 30.5 Å². The van der Waals surface area contributed by atoms with Crippen LogP contribution in [0.5, 0.6) is 0 Å². The van der Waals surface area contributed by atoms with Gasteiger partial charge in [-0.25, -0.2) is 0 Å². The Morgan fingerprint density at radius 3 is 2.52 bits per heavy atom. The molecule has 23 heavy (non-hydrogen) atoms. The zero-order valence-corrected chi connectivity index (χ0v) is 14.1. The average Bonchev–Trinajstić information content (AvgIpc) is 3.37. The Hall–Kier alpha value is -2.17. The molecule has 0 aromatic carbocycles. The van der Waals surface area contributed by atoms with Crippen molar-refractivity contribution in [2.24, 2.45) is 5.92 Å². The van der Waals surface area contributed by atoms with E-state index in [2.05, 4.69) is 16.9 Å². The van der Waals surface area contributed by atoms with Crippen LogP contribution in [0.2, 0.25) is 0 Å². The molecule has 0 radical (unpaired) electrons. The fraction of sp³-hybridized carbons (Fsp3) is 0.500. The minimum absolute atomic E-state index is 0.0151. The van der Waals surface area contributed by atoms with Crippen LogP contribution >= 0.6 is 0 Å². The molecule has 1 saturated carbocycles. The molecule has 1 N–H and O–H groups in total. The summed E-state index contributed by atoms with van der Waals surface area (Å²) in [5.41, 5.74) is -0.333. The maximum absolute atomic E-state index is 13.1. The number of aromatic nitrogens is 1. The first-order valence-electron chi connectivity index (χ1n) is 8.05. The second-order valence-electron chi connectivity index (χ2n) is 6.44. The summed E-state index contributed by atoms with van der Waals surface area (Å²) in [5, 5.41) is 2.86. The zero-order valence-electron chi connectivity index (χ0n) is 14.1. The standard InChI is InChI=1S/C18H25N3O2/c1-5-10-20-17(23)18(4,13(2)3)21(15-6-7-15)16(22)14-8-11-19-12-9-14/h5,8-9,11-13,15H,1,6-7,10H2,2-4H3,(H,20,23). The Morgan fingerprint density at radius 1 is 1.43 bits per heavy atom. The molecular weight excluding hydrogens is 290 g/mol. The molecule has 1 unspecified atom stereocenters. The zero-order chi connectivity index (χ0) is 17.0. The maximum atomic E-state index is 13.1. The summed E-state index contributed by atoms with van der Waals surface area (Å²) in [6, 6.07) is 3.51. The highest BCUT2D eigenvalue weighted by Gasteiger charge is 2.50. The molecule has 1 heterocycles. The number of hydrogen-bond acceptors (Lipinski definition) is 3. The van der Waals surface area contributed by atoms with Crippen LogP contribution in [-0.2, 0) is 4.79 Å². The van der Waals surface area contributed by atoms with E-state index >= 15 is 0 Å². The highest BCUT2D eigenvalue weighted by Crippen LogP contribution is 2.38. The number of carbonyl (C=O) groups is 2. The molecule has 5 heteroatoms. The first-order chi connectivity index (χ1) is 10.9. The van der Waals surface area contributed by atoms with E-state index in [0.717, 1.165) is 12.8 Å². The van der Waals surface area contributed by atoms with Crippen LogP contribution in [-0.4, -0.2) is 39.8 Å². The van der Waals surface area contributed by atoms with Crippen molar-refractivity contribution < 1.29 is 9.59 Å². The third-order valence-corrected chi connectivity index (χ3v) is 4.55. The van der Waals surface area contributed by atoms with Gasteiger partial charge in [0.15, 0.2) is 0 Å². The summed E-state index contributed by atoms with van der Waals surface area (Å²) in [6.45, 7) is 9.83. The van der Waals surface area contributed by atoms with Gasteiger partial charge in [-0.15, -0.1) is 6.58 Å². The van der Waals surface area contributed by atoms with E-state index in [1.807, 2.05) is 20.8 Å². The van der Waals surface area contributed by atoms with Gasteiger partial charge in [0.25, 0.3) is 5.91 Å². The van der Waals surface area contributed by atoms with Gasteiger partial charge in [-0.1, -0.05) is 19.9 Å². The van der Waals surface area contributed by atoms with Crippen molar-refractivity contribution >= 4 is 11.8 Å². The number of nitrogens with zero attached hydrogens (tertiary/aromatic N) is 2. The Morgan fingerprint density at radius 2 is 2.04 bits per heavy atom. The molecule has 5 nitrogen and oxygen atoms in total. The lowest BCUT2D eigenvalue weighted by atomic mass is 9.84. The van der Waals surface area contributed by atoms with Crippen molar-refractivity contribution in [1.82, 2.24) is 15.2 Å². The van der Waals surface area contributed by atoms with Crippen LogP contribution in [0.3, 0.4) is 0 Å². The van der Waals surface area contributed by atoms with Crippen LogP contribution in [0.4, 0.5) is 0 Å². The van der Waals surface area contributed by atoms with Crippen LogP contribution in [0, 0.1) is 5.92 Å². The van der Waals surface area contributed by atoms with Crippen molar-refractivity contribution in [3.8, 4) is 0 Å². The topological polar surface area (TPSA) is 62.3 Å². The van der Waals surface area contributed by atoms with Crippen molar-refractivity contribution in [3.05, 3.63) is 42.7 Å². The third kappa shape index (κ3) is 3.44. The molecule has 2 rings (SSSR count). The summed E-state index contributed by atoms with van der Waals surface area (Å²) in [4.78, 5) is 31.6. The molecule has 1 aliphatic rings. The highest BCUT2D eigenvalue weighted by molar-refractivity contribution is 5.99. The first kappa shape index (κ1) is 17.2. The Bertz CT molecular complexity index is 581. The molecule has 1 fully saturated rings. The van der Waals surface area contributed by atoms with Crippen LogP contribution in [0.1, 0.15) is 44.0 Å². The molecular formula is C18H25N3O2. The summed E-state index contributed by atoms with van der Waals surface area (Å²) in [6.07, 6.45) is 6.72. The minimum Gasteiger partial charge on any atom is -0.351 e. The number of amides is 2. The first-order valence-corrected chi connectivity index (χ1v) is 8.05. The fourth-order valence-corrected chi connectivity index (χ4v) is 2.72. The molecule has 1 aliphatic carbocycles. The van der Waals surface area contributed by atoms with Crippen molar-refractivity contribution in [3.63, 3.8) is 0 Å². The van der Waals surface area contributed by atoms with E-state index in [1.165, 1.54) is 0 Å². The van der Waals surface area contributed by atoms with Gasteiger partial charge in [-0.05, 0) is 37.8 Å². The monoisotopic (exact) mass is 315 g/mol. The Labute approximate surface area is 137 Å². The summed E-state index contributed by atoms with van der Waals surface area (Å²) < 4.78 is 0. The van der Waals surface area contributed by atoms with E-state index < -0.39 is 5.54 Å². The summed E-state index contributed by atoms with van der Waals surface area (Å²) >= 11 is 0.